The number of aryl methyl sites for hydroxylation is 1. The molecule has 3 saturated carbocycles. The Labute approximate surface area is 598 Å². The SMILES string of the molecule is CC[C@H](C)[C@H](NC(=O)[C@H](CC(C)C)NC)C(=O)N(C)CC(=O)N(C)CC(=O)N(C)[C@@H](CC1CCCCC1)C(=O)N(C)CC(=O)N[C@@H](CCc1cc(F)c(C(F)(F)F)c(F)c1)C(=O)N1CCC[C@H]1C(=O)NC1(C(=O)N(C)[C@H](C(=O)N(C)[C@@H](CCCC=O)C(=O)N2CCCC2)C2CCCCC2)CCC1. The second-order valence-corrected chi connectivity index (χ2v) is 29.8. The van der Waals surface area contributed by atoms with Crippen molar-refractivity contribution in [3.8, 4) is 0 Å². The summed E-state index contributed by atoms with van der Waals surface area (Å²) in [4.78, 5) is 181. The third-order valence-corrected chi connectivity index (χ3v) is 21.8. The van der Waals surface area contributed by atoms with Crippen LogP contribution in [0.2, 0.25) is 0 Å². The van der Waals surface area contributed by atoms with E-state index in [2.05, 4.69) is 21.3 Å². The number of aldehydes is 1. The summed E-state index contributed by atoms with van der Waals surface area (Å²) in [6.07, 6.45) is 7.30. The molecule has 5 fully saturated rings. The average Bonchev–Trinajstić information content (AvgIpc) is 0.955. The lowest BCUT2D eigenvalue weighted by Crippen LogP contribution is -2.68. The van der Waals surface area contributed by atoms with Crippen molar-refractivity contribution in [3.63, 3.8) is 0 Å². The van der Waals surface area contributed by atoms with Gasteiger partial charge in [0.05, 0.1) is 25.7 Å². The van der Waals surface area contributed by atoms with Crippen molar-refractivity contribution in [3.05, 3.63) is 34.9 Å². The normalized spacial score (nSPS) is 19.2. The van der Waals surface area contributed by atoms with Gasteiger partial charge in [0, 0.05) is 68.3 Å². The Morgan fingerprint density at radius 2 is 1.25 bits per heavy atom. The van der Waals surface area contributed by atoms with E-state index in [1.165, 1.54) is 59.7 Å². The van der Waals surface area contributed by atoms with Gasteiger partial charge in [0.1, 0.15) is 65.3 Å². The van der Waals surface area contributed by atoms with Crippen LogP contribution >= 0.6 is 0 Å². The van der Waals surface area contributed by atoms with Crippen molar-refractivity contribution >= 4 is 71.3 Å². The van der Waals surface area contributed by atoms with Gasteiger partial charge in [0.2, 0.25) is 65.0 Å². The number of amides is 11. The maximum atomic E-state index is 15.2. The van der Waals surface area contributed by atoms with Crippen LogP contribution in [0, 0.1) is 35.3 Å². The van der Waals surface area contributed by atoms with Crippen molar-refractivity contribution in [2.45, 2.75) is 242 Å². The molecule has 2 saturated heterocycles. The maximum absolute atomic E-state index is 15.2. The molecule has 2 aliphatic heterocycles. The second-order valence-electron chi connectivity index (χ2n) is 29.8. The van der Waals surface area contributed by atoms with Gasteiger partial charge < -0.3 is 65.3 Å². The Balaban J connectivity index is 1.20. The summed E-state index contributed by atoms with van der Waals surface area (Å²) in [5, 5.41) is 11.5. The van der Waals surface area contributed by atoms with Crippen molar-refractivity contribution in [2.24, 2.45) is 23.7 Å². The van der Waals surface area contributed by atoms with Crippen LogP contribution in [0.1, 0.15) is 193 Å². The number of unbranched alkanes of at least 4 members (excludes halogenated alkanes) is 1. The summed E-state index contributed by atoms with van der Waals surface area (Å²) in [7, 11) is 10.3. The minimum atomic E-state index is -5.38. The van der Waals surface area contributed by atoms with Gasteiger partial charge in [0.25, 0.3) is 0 Å². The highest BCUT2D eigenvalue weighted by Crippen LogP contribution is 2.39. The van der Waals surface area contributed by atoms with Crippen LogP contribution in [0.15, 0.2) is 12.1 Å². The summed E-state index contributed by atoms with van der Waals surface area (Å²) >= 11 is 0. The number of halogens is 5. The highest BCUT2D eigenvalue weighted by atomic mass is 19.4. The van der Waals surface area contributed by atoms with Crippen molar-refractivity contribution in [1.29, 1.82) is 0 Å². The van der Waals surface area contributed by atoms with E-state index in [1.54, 1.807) is 19.0 Å². The molecule has 4 N–H and O–H groups in total. The van der Waals surface area contributed by atoms with E-state index in [4.69, 9.17) is 0 Å². The first-order valence-corrected chi connectivity index (χ1v) is 36.9. The molecular weight excluding hydrogens is 1330 g/mol. The van der Waals surface area contributed by atoms with E-state index < -0.39 is 157 Å². The molecule has 0 bridgehead atoms. The number of carbonyl (C=O) groups is 12. The third kappa shape index (κ3) is 21.9. The van der Waals surface area contributed by atoms with Gasteiger partial charge in [-0.3, -0.25) is 52.7 Å². The second kappa shape index (κ2) is 38.4. The molecule has 102 heavy (non-hydrogen) atoms. The lowest BCUT2D eigenvalue weighted by molar-refractivity contribution is -0.157. The number of benzene rings is 1. The molecule has 2 heterocycles. The Morgan fingerprint density at radius 3 is 1.80 bits per heavy atom. The summed E-state index contributed by atoms with van der Waals surface area (Å²) in [5.41, 5.74) is -3.94. The maximum Gasteiger partial charge on any atom is 0.422 e. The van der Waals surface area contributed by atoms with E-state index >= 15 is 23.2 Å². The largest absolute Gasteiger partial charge is 0.422 e. The van der Waals surface area contributed by atoms with Crippen LogP contribution in [0.4, 0.5) is 22.0 Å². The number of nitrogens with zero attached hydrogens (tertiary/aromatic N) is 8. The molecule has 1 aromatic rings. The standard InChI is InChI=1S/C73H113F5N12O12/c1-12-47(4)62(81-64(95)54(79-5)39-46(2)3)69(100)85(8)44-59(93)83(6)45-60(94)86(9)57(42-48-25-15-13-16-26-48)67(98)84(7)43-58(92)80-53(32-31-49-40-51(74)61(52(75)41-49)73(76,77)78)66(97)90-37-23-30-55(90)65(96)82-72(33-24-34-72)71(102)88(11)63(50-27-17-14-18-28-50)70(101)87(10)56(29-19-22-38-91)68(99)89-35-20-21-36-89/h38,40-41,46-48,50,53-57,62-63,79H,12-37,39,42-45H2,1-11H3,(H,80,92)(H,81,95)(H,82,96)/t47-,53-,54-,55-,56-,57-,62-,63-/m0/s1. The molecule has 1 aromatic carbocycles. The number of alkyl halides is 3. The van der Waals surface area contributed by atoms with Crippen LogP contribution in [0.5, 0.6) is 0 Å². The lowest BCUT2D eigenvalue weighted by Gasteiger charge is -2.47. The molecule has 0 radical (unpaired) electrons. The minimum Gasteiger partial charge on any atom is -0.343 e. The number of rotatable bonds is 35. The summed E-state index contributed by atoms with van der Waals surface area (Å²) in [5.74, 6) is -10.8. The van der Waals surface area contributed by atoms with Gasteiger partial charge in [-0.1, -0.05) is 85.5 Å². The number of hydrogen-bond donors (Lipinski definition) is 4. The fourth-order valence-electron chi connectivity index (χ4n) is 15.3. The van der Waals surface area contributed by atoms with Crippen LogP contribution < -0.4 is 21.3 Å². The Morgan fingerprint density at radius 1 is 0.647 bits per heavy atom. The Hall–Kier alpha value is -7.33. The zero-order valence-corrected chi connectivity index (χ0v) is 61.9. The quantitative estimate of drug-likeness (QED) is 0.0346. The molecule has 24 nitrogen and oxygen atoms in total. The molecule has 29 heteroatoms. The molecule has 11 amide bonds. The Kier molecular flexibility index (Phi) is 31.5. The smallest absolute Gasteiger partial charge is 0.343 e. The van der Waals surface area contributed by atoms with Gasteiger partial charge >= 0.3 is 6.18 Å². The summed E-state index contributed by atoms with van der Waals surface area (Å²) in [6.45, 7) is 6.97. The summed E-state index contributed by atoms with van der Waals surface area (Å²) < 4.78 is 71.3. The van der Waals surface area contributed by atoms with Gasteiger partial charge in [-0.15, -0.1) is 0 Å². The molecule has 8 atom stereocenters. The molecule has 0 unspecified atom stereocenters. The van der Waals surface area contributed by atoms with Gasteiger partial charge in [-0.2, -0.15) is 13.2 Å². The van der Waals surface area contributed by atoms with Gasteiger partial charge in [0.15, 0.2) is 0 Å². The minimum absolute atomic E-state index is 0.0149. The number of nitrogens with one attached hydrogen (secondary N) is 4. The van der Waals surface area contributed by atoms with Crippen molar-refractivity contribution in [2.75, 3.05) is 88.6 Å². The van der Waals surface area contributed by atoms with Crippen LogP contribution in [0.25, 0.3) is 0 Å². The van der Waals surface area contributed by atoms with E-state index in [1.807, 2.05) is 27.7 Å². The van der Waals surface area contributed by atoms with E-state index in [-0.39, 0.29) is 92.5 Å². The van der Waals surface area contributed by atoms with Crippen LogP contribution in [-0.2, 0) is 70.1 Å². The molecule has 3 aliphatic carbocycles. The van der Waals surface area contributed by atoms with E-state index in [0.29, 0.717) is 63.7 Å². The highest BCUT2D eigenvalue weighted by Gasteiger charge is 2.53. The topological polar surface area (TPSA) is 279 Å². The fraction of sp³-hybridized carbons (Fsp3) is 0.753. The first-order valence-electron chi connectivity index (χ1n) is 36.9. The van der Waals surface area contributed by atoms with Gasteiger partial charge in [-0.25, -0.2) is 8.78 Å². The van der Waals surface area contributed by atoms with Crippen molar-refractivity contribution in [1.82, 2.24) is 60.5 Å². The zero-order chi connectivity index (χ0) is 75.5. The molecule has 0 aromatic heterocycles. The van der Waals surface area contributed by atoms with E-state index in [0.717, 1.165) is 80.3 Å². The molecule has 5 aliphatic rings. The predicted molar refractivity (Wildman–Crippen MR) is 371 cm³/mol. The first-order chi connectivity index (χ1) is 48.2. The van der Waals surface area contributed by atoms with Crippen LogP contribution in [0.3, 0.4) is 0 Å². The fourth-order valence-corrected chi connectivity index (χ4v) is 15.3. The number of likely N-dealkylation sites (tertiary alicyclic amines) is 2. The highest BCUT2D eigenvalue weighted by molar-refractivity contribution is 6.00. The zero-order valence-electron chi connectivity index (χ0n) is 61.9. The third-order valence-electron chi connectivity index (χ3n) is 21.8. The van der Waals surface area contributed by atoms with Crippen molar-refractivity contribution < 1.29 is 79.5 Å². The number of carbonyl (C=O) groups excluding carboxylic acids is 12. The van der Waals surface area contributed by atoms with Gasteiger partial charge in [-0.05, 0) is 145 Å². The molecule has 0 spiro atoms. The Bertz CT molecular complexity index is 3080. The lowest BCUT2D eigenvalue weighted by atomic mass is 9.74. The summed E-state index contributed by atoms with van der Waals surface area (Å²) in [6, 6.07) is -6.52. The predicted octanol–water partition coefficient (Wildman–Crippen LogP) is 5.99. The molecule has 572 valence electrons. The van der Waals surface area contributed by atoms with E-state index in [9.17, 15) is 56.3 Å². The monoisotopic (exact) mass is 1440 g/mol. The number of hydrogen-bond acceptors (Lipinski definition) is 13. The number of likely N-dealkylation sites (N-methyl/N-ethyl adjacent to an activating group) is 7. The van der Waals surface area contributed by atoms with Crippen LogP contribution in [-0.4, -0.2) is 247 Å². The molecular formula is C73H113F5N12O12. The average molecular weight is 1450 g/mol. The molecule has 6 rings (SSSR count). The first kappa shape index (κ1) is 83.6.